The maximum absolute atomic E-state index is 12.1. The van der Waals surface area contributed by atoms with Crippen LogP contribution in [0.3, 0.4) is 0 Å². The molecule has 24 heavy (non-hydrogen) atoms. The SMILES string of the molecule is CC(C)C(=O)NSc1cccc(N2CCC(C(=O)C(C)C)CC2)c1. The fraction of sp³-hybridized carbons (Fsp3) is 0.579. The number of carbonyl (C=O) groups excluding carboxylic acids is 2. The number of rotatable bonds is 6. The minimum absolute atomic E-state index is 0.0156. The van der Waals surface area contributed by atoms with Crippen LogP contribution in [0.2, 0.25) is 0 Å². The number of ketones is 1. The minimum atomic E-state index is -0.0156. The van der Waals surface area contributed by atoms with Crippen molar-refractivity contribution in [1.29, 1.82) is 0 Å². The van der Waals surface area contributed by atoms with E-state index in [4.69, 9.17) is 0 Å². The van der Waals surface area contributed by atoms with E-state index >= 15 is 0 Å². The Kier molecular flexibility index (Phi) is 6.72. The van der Waals surface area contributed by atoms with Crippen LogP contribution in [0.5, 0.6) is 0 Å². The third-order valence-electron chi connectivity index (χ3n) is 4.44. The zero-order valence-corrected chi connectivity index (χ0v) is 15.9. The number of amides is 1. The largest absolute Gasteiger partial charge is 0.371 e. The molecule has 1 aliphatic heterocycles. The molecule has 0 aliphatic carbocycles. The van der Waals surface area contributed by atoms with Gasteiger partial charge in [0.15, 0.2) is 0 Å². The van der Waals surface area contributed by atoms with Crippen LogP contribution >= 0.6 is 11.9 Å². The van der Waals surface area contributed by atoms with Gasteiger partial charge in [0.05, 0.1) is 0 Å². The van der Waals surface area contributed by atoms with Gasteiger partial charge in [-0.25, -0.2) is 0 Å². The summed E-state index contributed by atoms with van der Waals surface area (Å²) in [7, 11) is 0. The average molecular weight is 349 g/mol. The molecule has 1 saturated heterocycles. The highest BCUT2D eigenvalue weighted by atomic mass is 32.2. The Labute approximate surface area is 149 Å². The molecule has 5 heteroatoms. The van der Waals surface area contributed by atoms with Crippen LogP contribution in [0, 0.1) is 17.8 Å². The van der Waals surface area contributed by atoms with Crippen LogP contribution in [0.25, 0.3) is 0 Å². The van der Waals surface area contributed by atoms with E-state index in [1.807, 2.05) is 39.8 Å². The lowest BCUT2D eigenvalue weighted by molar-refractivity contribution is -0.126. The molecule has 132 valence electrons. The zero-order valence-electron chi connectivity index (χ0n) is 15.0. The Morgan fingerprint density at radius 2 is 1.79 bits per heavy atom. The summed E-state index contributed by atoms with van der Waals surface area (Å²) in [6.45, 7) is 9.57. The first-order valence-corrected chi connectivity index (χ1v) is 9.55. The minimum Gasteiger partial charge on any atom is -0.371 e. The number of Topliss-reactive ketones (excluding diaryl/α,β-unsaturated/α-hetero) is 1. The van der Waals surface area contributed by atoms with Crippen molar-refractivity contribution >= 4 is 29.3 Å². The molecule has 0 radical (unpaired) electrons. The first-order chi connectivity index (χ1) is 11.4. The second-order valence-electron chi connectivity index (χ2n) is 7.04. The highest BCUT2D eigenvalue weighted by Gasteiger charge is 2.26. The molecule has 0 spiro atoms. The monoisotopic (exact) mass is 348 g/mol. The molecule has 2 rings (SSSR count). The molecule has 0 saturated carbocycles. The molecule has 1 amide bonds. The Balaban J connectivity index is 1.93. The smallest absolute Gasteiger partial charge is 0.232 e. The molecule has 1 aromatic carbocycles. The van der Waals surface area contributed by atoms with Gasteiger partial charge in [-0.05, 0) is 43.0 Å². The lowest BCUT2D eigenvalue weighted by Gasteiger charge is -2.33. The van der Waals surface area contributed by atoms with Gasteiger partial charge >= 0.3 is 0 Å². The van der Waals surface area contributed by atoms with Gasteiger partial charge in [-0.3, -0.25) is 14.3 Å². The highest BCUT2D eigenvalue weighted by Crippen LogP contribution is 2.28. The van der Waals surface area contributed by atoms with Gasteiger partial charge < -0.3 is 4.90 Å². The lowest BCUT2D eigenvalue weighted by atomic mass is 9.87. The van der Waals surface area contributed by atoms with Crippen LogP contribution in [-0.4, -0.2) is 24.8 Å². The van der Waals surface area contributed by atoms with Gasteiger partial charge in [-0.1, -0.05) is 33.8 Å². The quantitative estimate of drug-likeness (QED) is 0.792. The second kappa shape index (κ2) is 8.56. The Bertz CT molecular complexity index is 578. The first kappa shape index (κ1) is 18.8. The maximum Gasteiger partial charge on any atom is 0.232 e. The molecule has 0 bridgehead atoms. The highest BCUT2D eigenvalue weighted by molar-refractivity contribution is 7.98. The van der Waals surface area contributed by atoms with Crippen molar-refractivity contribution in [3.05, 3.63) is 24.3 Å². The molecular weight excluding hydrogens is 320 g/mol. The number of carbonyl (C=O) groups is 2. The molecule has 4 nitrogen and oxygen atoms in total. The Morgan fingerprint density at radius 3 is 2.38 bits per heavy atom. The van der Waals surface area contributed by atoms with Gasteiger partial charge in [0.25, 0.3) is 0 Å². The number of piperidine rings is 1. The van der Waals surface area contributed by atoms with E-state index < -0.39 is 0 Å². The predicted octanol–water partition coefficient (Wildman–Crippen LogP) is 3.91. The molecule has 0 atom stereocenters. The van der Waals surface area contributed by atoms with Crippen molar-refractivity contribution in [2.24, 2.45) is 17.8 Å². The molecule has 1 fully saturated rings. The van der Waals surface area contributed by atoms with Crippen LogP contribution in [-0.2, 0) is 9.59 Å². The summed E-state index contributed by atoms with van der Waals surface area (Å²) in [5, 5.41) is 0. The Hall–Kier alpha value is -1.49. The topological polar surface area (TPSA) is 49.4 Å². The third kappa shape index (κ3) is 5.00. The van der Waals surface area contributed by atoms with E-state index in [2.05, 4.69) is 21.8 Å². The first-order valence-electron chi connectivity index (χ1n) is 8.74. The summed E-state index contributed by atoms with van der Waals surface area (Å²) in [6, 6.07) is 8.23. The van der Waals surface area contributed by atoms with Crippen LogP contribution in [0.4, 0.5) is 5.69 Å². The van der Waals surface area contributed by atoms with Gasteiger partial charge in [0.1, 0.15) is 5.78 Å². The molecule has 0 unspecified atom stereocenters. The normalized spacial score (nSPS) is 15.8. The van der Waals surface area contributed by atoms with Crippen molar-refractivity contribution in [2.75, 3.05) is 18.0 Å². The van der Waals surface area contributed by atoms with E-state index in [1.165, 1.54) is 11.9 Å². The second-order valence-corrected chi connectivity index (χ2v) is 7.92. The van der Waals surface area contributed by atoms with E-state index in [-0.39, 0.29) is 23.7 Å². The molecule has 0 aromatic heterocycles. The summed E-state index contributed by atoms with van der Waals surface area (Å²) < 4.78 is 2.88. The van der Waals surface area contributed by atoms with E-state index in [0.29, 0.717) is 5.78 Å². The number of anilines is 1. The third-order valence-corrected chi connectivity index (χ3v) is 5.24. The van der Waals surface area contributed by atoms with Crippen molar-refractivity contribution in [1.82, 2.24) is 4.72 Å². The van der Waals surface area contributed by atoms with Crippen molar-refractivity contribution in [2.45, 2.75) is 45.4 Å². The maximum atomic E-state index is 12.1. The fourth-order valence-electron chi connectivity index (χ4n) is 2.86. The van der Waals surface area contributed by atoms with E-state index in [9.17, 15) is 9.59 Å². The van der Waals surface area contributed by atoms with Gasteiger partial charge in [-0.15, -0.1) is 0 Å². The van der Waals surface area contributed by atoms with E-state index in [0.717, 1.165) is 36.5 Å². The summed E-state index contributed by atoms with van der Waals surface area (Å²) in [5.41, 5.74) is 1.16. The van der Waals surface area contributed by atoms with Gasteiger partial charge in [-0.2, -0.15) is 0 Å². The molecule has 1 aliphatic rings. The Morgan fingerprint density at radius 1 is 1.12 bits per heavy atom. The lowest BCUT2D eigenvalue weighted by Crippen LogP contribution is -2.37. The van der Waals surface area contributed by atoms with Crippen molar-refractivity contribution in [3.8, 4) is 0 Å². The van der Waals surface area contributed by atoms with Crippen molar-refractivity contribution in [3.63, 3.8) is 0 Å². The molecule has 1 heterocycles. The van der Waals surface area contributed by atoms with Gasteiger partial charge in [0, 0.05) is 41.4 Å². The molecule has 1 N–H and O–H groups in total. The number of benzene rings is 1. The average Bonchev–Trinajstić information content (AvgIpc) is 2.59. The summed E-state index contributed by atoms with van der Waals surface area (Å²) in [4.78, 5) is 27.2. The fourth-order valence-corrected chi connectivity index (χ4v) is 3.64. The van der Waals surface area contributed by atoms with Crippen LogP contribution < -0.4 is 9.62 Å². The van der Waals surface area contributed by atoms with Crippen molar-refractivity contribution < 1.29 is 9.59 Å². The molecule has 1 aromatic rings. The van der Waals surface area contributed by atoms with E-state index in [1.54, 1.807) is 0 Å². The van der Waals surface area contributed by atoms with Crippen LogP contribution in [0.15, 0.2) is 29.2 Å². The number of hydrogen-bond donors (Lipinski definition) is 1. The number of nitrogens with one attached hydrogen (secondary N) is 1. The number of hydrogen-bond acceptors (Lipinski definition) is 4. The zero-order chi connectivity index (χ0) is 17.7. The standard InChI is InChI=1S/C19H28N2O2S/c1-13(2)18(22)15-8-10-21(11-9-15)16-6-5-7-17(12-16)24-20-19(23)14(3)4/h5-7,12-15H,8-11H2,1-4H3,(H,20,23). The summed E-state index contributed by atoms with van der Waals surface area (Å²) in [6.07, 6.45) is 1.86. The summed E-state index contributed by atoms with van der Waals surface area (Å²) >= 11 is 1.36. The number of nitrogens with zero attached hydrogens (tertiary/aromatic N) is 1. The van der Waals surface area contributed by atoms with Crippen LogP contribution in [0.1, 0.15) is 40.5 Å². The summed E-state index contributed by atoms with van der Waals surface area (Å²) in [5.74, 6) is 0.766. The predicted molar refractivity (Wildman–Crippen MR) is 100 cm³/mol. The molecular formula is C19H28N2O2S. The van der Waals surface area contributed by atoms with Gasteiger partial charge in [0.2, 0.25) is 5.91 Å².